The fourth-order valence-electron chi connectivity index (χ4n) is 3.39. The molecule has 0 aliphatic carbocycles. The van der Waals surface area contributed by atoms with E-state index in [1.165, 1.54) is 27.6 Å². The van der Waals surface area contributed by atoms with Crippen LogP contribution >= 0.6 is 0 Å². The van der Waals surface area contributed by atoms with Gasteiger partial charge in [-0.05, 0) is 48.6 Å². The molecule has 3 rings (SSSR count). The highest BCUT2D eigenvalue weighted by Crippen LogP contribution is 2.30. The van der Waals surface area contributed by atoms with Crippen LogP contribution in [0.15, 0.2) is 18.3 Å². The first-order valence-electron chi connectivity index (χ1n) is 8.15. The summed E-state index contributed by atoms with van der Waals surface area (Å²) in [6, 6.07) is 5.02. The van der Waals surface area contributed by atoms with Gasteiger partial charge < -0.3 is 15.0 Å². The van der Waals surface area contributed by atoms with E-state index in [0.29, 0.717) is 0 Å². The van der Waals surface area contributed by atoms with E-state index in [0.717, 1.165) is 39.1 Å². The van der Waals surface area contributed by atoms with Gasteiger partial charge in [-0.25, -0.2) is 0 Å². The van der Waals surface area contributed by atoms with Crippen LogP contribution in [0.5, 0.6) is 0 Å². The number of ether oxygens (including phenoxy) is 1. The monoisotopic (exact) mass is 301 g/mol. The molecule has 0 spiro atoms. The van der Waals surface area contributed by atoms with Crippen LogP contribution in [0.25, 0.3) is 10.9 Å². The number of nitrogens with two attached hydrogens (primary N) is 1. The minimum atomic E-state index is 0.259. The maximum atomic E-state index is 5.92. The van der Waals surface area contributed by atoms with E-state index < -0.39 is 0 Å². The van der Waals surface area contributed by atoms with Gasteiger partial charge >= 0.3 is 0 Å². The van der Waals surface area contributed by atoms with E-state index in [2.05, 4.69) is 41.8 Å². The van der Waals surface area contributed by atoms with Gasteiger partial charge in [0.1, 0.15) is 0 Å². The fourth-order valence-corrected chi connectivity index (χ4v) is 3.39. The van der Waals surface area contributed by atoms with E-state index in [9.17, 15) is 0 Å². The van der Waals surface area contributed by atoms with Crippen LogP contribution in [0.4, 0.5) is 0 Å². The lowest BCUT2D eigenvalue weighted by Gasteiger charge is -2.13. The molecule has 0 saturated carbocycles. The molecule has 1 atom stereocenters. The highest BCUT2D eigenvalue weighted by atomic mass is 16.5. The number of benzene rings is 1. The summed E-state index contributed by atoms with van der Waals surface area (Å²) in [5.74, 6) is 0. The third-order valence-electron chi connectivity index (χ3n) is 4.66. The quantitative estimate of drug-likeness (QED) is 0.891. The van der Waals surface area contributed by atoms with Crippen molar-refractivity contribution < 1.29 is 4.74 Å². The van der Waals surface area contributed by atoms with E-state index in [4.69, 9.17) is 10.5 Å². The number of fused-ring (bicyclic) bond motifs is 2. The number of methoxy groups -OCH3 is 1. The van der Waals surface area contributed by atoms with Crippen molar-refractivity contribution in [2.45, 2.75) is 38.9 Å². The third kappa shape index (κ3) is 3.05. The number of aryl methyl sites for hydroxylation is 2. The van der Waals surface area contributed by atoms with Crippen LogP contribution in [0.3, 0.4) is 0 Å². The van der Waals surface area contributed by atoms with Crippen LogP contribution in [-0.2, 0) is 31.3 Å². The van der Waals surface area contributed by atoms with Gasteiger partial charge in [0.2, 0.25) is 0 Å². The predicted octanol–water partition coefficient (Wildman–Crippen LogP) is 2.42. The summed E-state index contributed by atoms with van der Waals surface area (Å²) in [5.41, 5.74) is 11.6. The second kappa shape index (κ2) is 6.41. The molecular formula is C18H27N3O. The molecule has 2 N–H and O–H groups in total. The van der Waals surface area contributed by atoms with Crippen molar-refractivity contribution in [3.8, 4) is 0 Å². The molecule has 22 heavy (non-hydrogen) atoms. The molecule has 4 heteroatoms. The molecule has 1 aliphatic heterocycles. The Kier molecular flexibility index (Phi) is 4.52. The average molecular weight is 301 g/mol. The van der Waals surface area contributed by atoms with Gasteiger partial charge in [0.15, 0.2) is 0 Å². The highest BCUT2D eigenvalue weighted by molar-refractivity contribution is 5.85. The molecule has 1 aliphatic rings. The summed E-state index contributed by atoms with van der Waals surface area (Å²) in [6.45, 7) is 5.95. The lowest BCUT2D eigenvalue weighted by molar-refractivity contribution is 0.147. The number of nitrogens with zero attached hydrogens (tertiary/aromatic N) is 2. The lowest BCUT2D eigenvalue weighted by atomic mass is 10.0. The first-order valence-corrected chi connectivity index (χ1v) is 8.15. The summed E-state index contributed by atoms with van der Waals surface area (Å²) in [6.07, 6.45) is 4.36. The Hall–Kier alpha value is -1.36. The van der Waals surface area contributed by atoms with Crippen molar-refractivity contribution in [2.24, 2.45) is 12.8 Å². The molecule has 1 aromatic carbocycles. The van der Waals surface area contributed by atoms with Gasteiger partial charge in [0, 0.05) is 56.9 Å². The number of aromatic nitrogens is 1. The summed E-state index contributed by atoms with van der Waals surface area (Å²) >= 11 is 0. The van der Waals surface area contributed by atoms with Crippen LogP contribution in [0.2, 0.25) is 0 Å². The standard InChI is InChI=1S/C18H27N3O/c1-13(19)4-5-14-10-20(2)18-9-16-12-21(6-7-22-3)11-15(16)8-17(14)18/h8-10,13H,4-7,11-12,19H2,1-3H3. The molecule has 2 heterocycles. The third-order valence-corrected chi connectivity index (χ3v) is 4.66. The molecule has 0 radical (unpaired) electrons. The van der Waals surface area contributed by atoms with Gasteiger partial charge in [-0.15, -0.1) is 0 Å². The largest absolute Gasteiger partial charge is 0.383 e. The molecule has 2 aromatic rings. The molecule has 1 aromatic heterocycles. The SMILES string of the molecule is COCCN1Cc2cc3c(CCC(C)N)cn(C)c3cc2C1. The minimum Gasteiger partial charge on any atom is -0.383 e. The zero-order chi connectivity index (χ0) is 15.7. The van der Waals surface area contributed by atoms with Crippen LogP contribution < -0.4 is 5.73 Å². The maximum Gasteiger partial charge on any atom is 0.0589 e. The van der Waals surface area contributed by atoms with Crippen LogP contribution in [0.1, 0.15) is 30.0 Å². The van der Waals surface area contributed by atoms with Gasteiger partial charge in [0.05, 0.1) is 6.61 Å². The Morgan fingerprint density at radius 1 is 1.27 bits per heavy atom. The van der Waals surface area contributed by atoms with Gasteiger partial charge in [-0.1, -0.05) is 0 Å². The molecule has 0 bridgehead atoms. The molecule has 1 unspecified atom stereocenters. The molecule has 120 valence electrons. The Morgan fingerprint density at radius 3 is 2.68 bits per heavy atom. The smallest absolute Gasteiger partial charge is 0.0589 e. The fraction of sp³-hybridized carbons (Fsp3) is 0.556. The van der Waals surface area contributed by atoms with Crippen LogP contribution in [0, 0.1) is 0 Å². The normalized spacial score (nSPS) is 16.4. The number of rotatable bonds is 6. The zero-order valence-electron chi connectivity index (χ0n) is 13.9. The lowest BCUT2D eigenvalue weighted by Crippen LogP contribution is -2.21. The van der Waals surface area contributed by atoms with Crippen molar-refractivity contribution in [3.05, 3.63) is 35.0 Å². The molecular weight excluding hydrogens is 274 g/mol. The Balaban J connectivity index is 1.87. The molecule has 0 amide bonds. The molecule has 0 fully saturated rings. The van der Waals surface area contributed by atoms with Crippen molar-refractivity contribution >= 4 is 10.9 Å². The number of hydrogen-bond donors (Lipinski definition) is 1. The zero-order valence-corrected chi connectivity index (χ0v) is 13.9. The molecule has 4 nitrogen and oxygen atoms in total. The van der Waals surface area contributed by atoms with E-state index >= 15 is 0 Å². The Morgan fingerprint density at radius 2 is 2.00 bits per heavy atom. The van der Waals surface area contributed by atoms with Gasteiger partial charge in [-0.3, -0.25) is 4.90 Å². The Labute approximate surface area is 132 Å². The van der Waals surface area contributed by atoms with Gasteiger partial charge in [-0.2, -0.15) is 0 Å². The van der Waals surface area contributed by atoms with E-state index in [-0.39, 0.29) is 6.04 Å². The van der Waals surface area contributed by atoms with Crippen molar-refractivity contribution in [2.75, 3.05) is 20.3 Å². The number of hydrogen-bond acceptors (Lipinski definition) is 3. The van der Waals surface area contributed by atoms with E-state index in [1.54, 1.807) is 7.11 Å². The topological polar surface area (TPSA) is 43.4 Å². The van der Waals surface area contributed by atoms with E-state index in [1.807, 2.05) is 0 Å². The summed E-state index contributed by atoms with van der Waals surface area (Å²) in [4.78, 5) is 2.45. The minimum absolute atomic E-state index is 0.259. The summed E-state index contributed by atoms with van der Waals surface area (Å²) < 4.78 is 7.45. The predicted molar refractivity (Wildman–Crippen MR) is 90.9 cm³/mol. The van der Waals surface area contributed by atoms with Gasteiger partial charge in [0.25, 0.3) is 0 Å². The second-order valence-corrected chi connectivity index (χ2v) is 6.62. The van der Waals surface area contributed by atoms with Crippen molar-refractivity contribution in [3.63, 3.8) is 0 Å². The van der Waals surface area contributed by atoms with Crippen molar-refractivity contribution in [1.82, 2.24) is 9.47 Å². The average Bonchev–Trinajstić information content (AvgIpc) is 3.01. The summed E-state index contributed by atoms with van der Waals surface area (Å²) in [5, 5.41) is 1.40. The van der Waals surface area contributed by atoms with Crippen molar-refractivity contribution in [1.29, 1.82) is 0 Å². The summed E-state index contributed by atoms with van der Waals surface area (Å²) in [7, 11) is 3.91. The highest BCUT2D eigenvalue weighted by Gasteiger charge is 2.20. The molecule has 0 saturated heterocycles. The second-order valence-electron chi connectivity index (χ2n) is 6.62. The first-order chi connectivity index (χ1) is 10.6. The Bertz CT molecular complexity index is 660. The maximum absolute atomic E-state index is 5.92. The first kappa shape index (κ1) is 15.5. The van der Waals surface area contributed by atoms with Crippen LogP contribution in [-0.4, -0.2) is 35.8 Å².